The first-order valence-electron chi connectivity index (χ1n) is 11.1. The van der Waals surface area contributed by atoms with Crippen LogP contribution in [0.1, 0.15) is 36.1 Å². The zero-order valence-corrected chi connectivity index (χ0v) is 16.6. The van der Waals surface area contributed by atoms with Crippen LogP contribution < -0.4 is 0 Å². The highest BCUT2D eigenvalue weighted by Crippen LogP contribution is 2.34. The second kappa shape index (κ2) is 6.31. The van der Waals surface area contributed by atoms with Crippen LogP contribution in [0, 0.1) is 6.85 Å². The molecule has 5 rings (SSSR count). The Morgan fingerprint density at radius 1 is 0.793 bits per heavy atom. The molecule has 0 unspecified atom stereocenters. The summed E-state index contributed by atoms with van der Waals surface area (Å²) in [6.45, 7) is 4.03. The van der Waals surface area contributed by atoms with Gasteiger partial charge in [-0.1, -0.05) is 57.2 Å². The van der Waals surface area contributed by atoms with Gasteiger partial charge in [-0.2, -0.15) is 0 Å². The van der Waals surface area contributed by atoms with Gasteiger partial charge in [0.2, 0.25) is 0 Å². The predicted octanol–water partition coefficient (Wildman–Crippen LogP) is 6.00. The molecular formula is C25H22N4. The van der Waals surface area contributed by atoms with Gasteiger partial charge in [0.15, 0.2) is 11.5 Å². The Morgan fingerprint density at radius 3 is 2.28 bits per heavy atom. The Balaban J connectivity index is 1.85. The summed E-state index contributed by atoms with van der Waals surface area (Å²) in [6, 6.07) is 19.6. The first kappa shape index (κ1) is 14.6. The summed E-state index contributed by atoms with van der Waals surface area (Å²) in [5, 5.41) is 2.21. The van der Waals surface area contributed by atoms with Crippen LogP contribution in [-0.4, -0.2) is 19.9 Å². The van der Waals surface area contributed by atoms with Crippen LogP contribution in [0.5, 0.6) is 0 Å². The van der Waals surface area contributed by atoms with E-state index >= 15 is 0 Å². The van der Waals surface area contributed by atoms with Gasteiger partial charge in [-0.25, -0.2) is 19.9 Å². The molecule has 0 aliphatic carbocycles. The third kappa shape index (κ3) is 3.01. The SMILES string of the molecule is [2H]C([2H])([2H])c1nc(-c2cc(C(C)(C)C)c3ccccc3c2)nc2nc3ccccc3nc12. The molecule has 0 aliphatic heterocycles. The molecule has 0 fully saturated rings. The molecule has 0 spiro atoms. The maximum absolute atomic E-state index is 8.07. The highest BCUT2D eigenvalue weighted by molar-refractivity contribution is 5.91. The van der Waals surface area contributed by atoms with Gasteiger partial charge in [-0.3, -0.25) is 0 Å². The van der Waals surface area contributed by atoms with Crippen molar-refractivity contribution in [2.45, 2.75) is 33.0 Å². The zero-order valence-electron chi connectivity index (χ0n) is 19.6. The highest BCUT2D eigenvalue weighted by Gasteiger charge is 2.19. The van der Waals surface area contributed by atoms with Gasteiger partial charge in [0, 0.05) is 9.68 Å². The minimum absolute atomic E-state index is 0.0822. The van der Waals surface area contributed by atoms with E-state index in [-0.39, 0.29) is 22.3 Å². The number of hydrogen-bond acceptors (Lipinski definition) is 4. The van der Waals surface area contributed by atoms with Crippen LogP contribution in [0.3, 0.4) is 0 Å². The van der Waals surface area contributed by atoms with Crippen molar-refractivity contribution >= 4 is 33.0 Å². The molecule has 0 saturated carbocycles. The van der Waals surface area contributed by atoms with Crippen LogP contribution in [0.2, 0.25) is 0 Å². The lowest BCUT2D eigenvalue weighted by atomic mass is 9.82. The lowest BCUT2D eigenvalue weighted by molar-refractivity contribution is 0.596. The van der Waals surface area contributed by atoms with E-state index in [0.29, 0.717) is 16.9 Å². The van der Waals surface area contributed by atoms with Crippen molar-refractivity contribution in [1.82, 2.24) is 19.9 Å². The highest BCUT2D eigenvalue weighted by atomic mass is 15.0. The van der Waals surface area contributed by atoms with Gasteiger partial charge < -0.3 is 0 Å². The molecule has 0 amide bonds. The minimum atomic E-state index is -2.45. The number of benzene rings is 3. The van der Waals surface area contributed by atoms with E-state index in [4.69, 9.17) is 4.11 Å². The van der Waals surface area contributed by atoms with Crippen LogP contribution in [0.4, 0.5) is 0 Å². The van der Waals surface area contributed by atoms with E-state index in [2.05, 4.69) is 52.8 Å². The molecule has 4 nitrogen and oxygen atoms in total. The molecular weight excluding hydrogens is 356 g/mol. The topological polar surface area (TPSA) is 51.6 Å². The molecule has 5 aromatic rings. The van der Waals surface area contributed by atoms with Crippen LogP contribution in [-0.2, 0) is 5.41 Å². The third-order valence-electron chi connectivity index (χ3n) is 5.13. The van der Waals surface area contributed by atoms with Gasteiger partial charge in [0.05, 0.1) is 16.7 Å². The summed E-state index contributed by atoms with van der Waals surface area (Å²) in [6.07, 6.45) is 0. The molecule has 0 bridgehead atoms. The summed E-state index contributed by atoms with van der Waals surface area (Å²) in [5.41, 5.74) is 3.48. The molecule has 0 atom stereocenters. The van der Waals surface area contributed by atoms with Crippen LogP contribution in [0.15, 0.2) is 60.7 Å². The molecule has 0 N–H and O–H groups in total. The van der Waals surface area contributed by atoms with Crippen molar-refractivity contribution in [1.29, 1.82) is 0 Å². The number of hydrogen-bond donors (Lipinski definition) is 0. The summed E-state index contributed by atoms with van der Waals surface area (Å²) in [7, 11) is 0. The first-order chi connectivity index (χ1) is 15.1. The fourth-order valence-electron chi connectivity index (χ4n) is 3.70. The summed E-state index contributed by atoms with van der Waals surface area (Å²) in [4.78, 5) is 18.3. The molecule has 0 aliphatic rings. The molecule has 0 radical (unpaired) electrons. The van der Waals surface area contributed by atoms with Gasteiger partial charge >= 0.3 is 0 Å². The maximum Gasteiger partial charge on any atom is 0.182 e. The van der Waals surface area contributed by atoms with Crippen molar-refractivity contribution in [3.8, 4) is 11.4 Å². The predicted molar refractivity (Wildman–Crippen MR) is 119 cm³/mol. The number of aryl methyl sites for hydroxylation is 1. The monoisotopic (exact) mass is 381 g/mol. The standard InChI is InChI=1S/C25H22N4/c1-15-22-24(28-21-12-8-7-11-20(21)27-22)29-23(26-15)17-13-16-9-5-6-10-18(16)19(14-17)25(2,3)4/h5-14H,1-4H3/i1D3. The van der Waals surface area contributed by atoms with Gasteiger partial charge in [-0.15, -0.1) is 0 Å². The fourth-order valence-corrected chi connectivity index (χ4v) is 3.70. The average molecular weight is 381 g/mol. The van der Waals surface area contributed by atoms with Crippen molar-refractivity contribution in [3.63, 3.8) is 0 Å². The summed E-state index contributed by atoms with van der Waals surface area (Å²) < 4.78 is 24.2. The first-order valence-corrected chi connectivity index (χ1v) is 9.60. The van der Waals surface area contributed by atoms with Crippen molar-refractivity contribution in [3.05, 3.63) is 71.9 Å². The van der Waals surface area contributed by atoms with Crippen LogP contribution >= 0.6 is 0 Å². The molecule has 4 heteroatoms. The molecule has 29 heavy (non-hydrogen) atoms. The third-order valence-corrected chi connectivity index (χ3v) is 5.13. The lowest BCUT2D eigenvalue weighted by Crippen LogP contribution is -2.12. The largest absolute Gasteiger partial charge is 0.241 e. The summed E-state index contributed by atoms with van der Waals surface area (Å²) in [5.74, 6) is 0.337. The Hall–Kier alpha value is -3.40. The number of aromatic nitrogens is 4. The average Bonchev–Trinajstić information content (AvgIpc) is 2.74. The van der Waals surface area contributed by atoms with Crippen molar-refractivity contribution in [2.75, 3.05) is 0 Å². The van der Waals surface area contributed by atoms with E-state index in [1.807, 2.05) is 42.5 Å². The molecule has 2 aromatic heterocycles. The minimum Gasteiger partial charge on any atom is -0.241 e. The molecule has 142 valence electrons. The Labute approximate surface area is 173 Å². The Morgan fingerprint density at radius 2 is 1.52 bits per heavy atom. The van der Waals surface area contributed by atoms with Crippen molar-refractivity contribution in [2.24, 2.45) is 0 Å². The normalized spacial score (nSPS) is 14.1. The van der Waals surface area contributed by atoms with Crippen molar-refractivity contribution < 1.29 is 4.11 Å². The van der Waals surface area contributed by atoms with Gasteiger partial charge in [0.1, 0.15) is 5.52 Å². The zero-order chi connectivity index (χ0) is 22.7. The van der Waals surface area contributed by atoms with Gasteiger partial charge in [0.25, 0.3) is 0 Å². The van der Waals surface area contributed by atoms with E-state index in [1.165, 1.54) is 0 Å². The number of nitrogens with zero attached hydrogens (tertiary/aromatic N) is 4. The fraction of sp³-hybridized carbons (Fsp3) is 0.200. The molecule has 0 saturated heterocycles. The molecule has 3 aromatic carbocycles. The quantitative estimate of drug-likeness (QED) is 0.334. The van der Waals surface area contributed by atoms with E-state index in [1.54, 1.807) is 6.07 Å². The van der Waals surface area contributed by atoms with Gasteiger partial charge in [-0.05, 0) is 52.9 Å². The van der Waals surface area contributed by atoms with E-state index in [9.17, 15) is 0 Å². The maximum atomic E-state index is 8.07. The van der Waals surface area contributed by atoms with E-state index in [0.717, 1.165) is 21.9 Å². The number of para-hydroxylation sites is 2. The van der Waals surface area contributed by atoms with Crippen LogP contribution in [0.25, 0.3) is 44.4 Å². The Bertz CT molecular complexity index is 1500. The lowest BCUT2D eigenvalue weighted by Gasteiger charge is -2.22. The summed E-state index contributed by atoms with van der Waals surface area (Å²) >= 11 is 0. The number of fused-ring (bicyclic) bond motifs is 3. The molecule has 2 heterocycles. The second-order valence-electron chi connectivity index (χ2n) is 8.28. The second-order valence-corrected chi connectivity index (χ2v) is 8.28. The van der Waals surface area contributed by atoms with E-state index < -0.39 is 6.85 Å². The smallest absolute Gasteiger partial charge is 0.182 e. The number of rotatable bonds is 1. The Kier molecular flexibility index (Phi) is 3.17.